The number of nitrogens with zero attached hydrogens (tertiary/aromatic N) is 1. The zero-order chi connectivity index (χ0) is 12.0. The van der Waals surface area contributed by atoms with Crippen LogP contribution in [0.15, 0.2) is 0 Å². The summed E-state index contributed by atoms with van der Waals surface area (Å²) in [6, 6.07) is 0. The SMILES string of the molecule is CC(C)CCNC(=O)CN1CCC(O)CC1. The number of hydrogen-bond donors (Lipinski definition) is 2. The maximum Gasteiger partial charge on any atom is 0.234 e. The number of likely N-dealkylation sites (tertiary alicyclic amines) is 1. The van der Waals surface area contributed by atoms with E-state index < -0.39 is 0 Å². The molecule has 1 amide bonds. The molecule has 0 unspecified atom stereocenters. The Hall–Kier alpha value is -0.610. The van der Waals surface area contributed by atoms with Crippen molar-refractivity contribution in [2.75, 3.05) is 26.2 Å². The average Bonchev–Trinajstić information content (AvgIpc) is 2.21. The first-order valence-corrected chi connectivity index (χ1v) is 6.25. The minimum Gasteiger partial charge on any atom is -0.393 e. The van der Waals surface area contributed by atoms with Gasteiger partial charge in [0.05, 0.1) is 12.6 Å². The van der Waals surface area contributed by atoms with Gasteiger partial charge in [0.1, 0.15) is 0 Å². The smallest absolute Gasteiger partial charge is 0.234 e. The summed E-state index contributed by atoms with van der Waals surface area (Å²) in [6.45, 7) is 7.21. The molecule has 1 heterocycles. The molecule has 1 saturated heterocycles. The van der Waals surface area contributed by atoms with E-state index in [-0.39, 0.29) is 12.0 Å². The molecule has 1 fully saturated rings. The largest absolute Gasteiger partial charge is 0.393 e. The third-order valence-electron chi connectivity index (χ3n) is 2.97. The van der Waals surface area contributed by atoms with Crippen LogP contribution >= 0.6 is 0 Å². The van der Waals surface area contributed by atoms with Gasteiger partial charge in [-0.3, -0.25) is 9.69 Å². The van der Waals surface area contributed by atoms with Crippen LogP contribution in [0, 0.1) is 5.92 Å². The van der Waals surface area contributed by atoms with E-state index in [9.17, 15) is 9.90 Å². The second-order valence-electron chi connectivity index (χ2n) is 5.04. The van der Waals surface area contributed by atoms with Gasteiger partial charge in [0.15, 0.2) is 0 Å². The van der Waals surface area contributed by atoms with Crippen molar-refractivity contribution >= 4 is 5.91 Å². The number of nitrogens with one attached hydrogen (secondary N) is 1. The second-order valence-corrected chi connectivity index (χ2v) is 5.04. The van der Waals surface area contributed by atoms with Gasteiger partial charge in [0, 0.05) is 19.6 Å². The van der Waals surface area contributed by atoms with E-state index in [4.69, 9.17) is 0 Å². The normalized spacial score (nSPS) is 19.0. The topological polar surface area (TPSA) is 52.6 Å². The molecule has 0 atom stereocenters. The van der Waals surface area contributed by atoms with Crippen molar-refractivity contribution < 1.29 is 9.90 Å². The minimum absolute atomic E-state index is 0.108. The summed E-state index contributed by atoms with van der Waals surface area (Å²) in [5, 5.41) is 12.3. The van der Waals surface area contributed by atoms with E-state index in [1.807, 2.05) is 0 Å². The first kappa shape index (κ1) is 13.5. The molecule has 0 aromatic heterocycles. The molecule has 0 spiro atoms. The summed E-state index contributed by atoms with van der Waals surface area (Å²) < 4.78 is 0. The number of carbonyl (C=O) groups excluding carboxylic acids is 1. The Bertz CT molecular complexity index is 211. The van der Waals surface area contributed by atoms with Gasteiger partial charge in [-0.05, 0) is 25.2 Å². The van der Waals surface area contributed by atoms with E-state index in [0.717, 1.165) is 38.9 Å². The van der Waals surface area contributed by atoms with Crippen LogP contribution in [-0.2, 0) is 4.79 Å². The summed E-state index contributed by atoms with van der Waals surface area (Å²) in [7, 11) is 0. The Morgan fingerprint density at radius 2 is 2.06 bits per heavy atom. The number of aliphatic hydroxyl groups is 1. The van der Waals surface area contributed by atoms with Crippen LogP contribution in [0.5, 0.6) is 0 Å². The Morgan fingerprint density at radius 3 is 2.62 bits per heavy atom. The second kappa shape index (κ2) is 6.86. The maximum atomic E-state index is 11.6. The van der Waals surface area contributed by atoms with Crippen molar-refractivity contribution in [1.29, 1.82) is 0 Å². The lowest BCUT2D eigenvalue weighted by atomic mass is 10.1. The number of hydrogen-bond acceptors (Lipinski definition) is 3. The van der Waals surface area contributed by atoms with Crippen molar-refractivity contribution in [1.82, 2.24) is 10.2 Å². The summed E-state index contributed by atoms with van der Waals surface area (Å²) in [5.74, 6) is 0.738. The quantitative estimate of drug-likeness (QED) is 0.725. The highest BCUT2D eigenvalue weighted by atomic mass is 16.3. The van der Waals surface area contributed by atoms with Crippen molar-refractivity contribution in [2.24, 2.45) is 5.92 Å². The minimum atomic E-state index is -0.166. The summed E-state index contributed by atoms with van der Waals surface area (Å²) in [4.78, 5) is 13.7. The van der Waals surface area contributed by atoms with Crippen LogP contribution < -0.4 is 5.32 Å². The third-order valence-corrected chi connectivity index (χ3v) is 2.97. The Balaban J connectivity index is 2.09. The van der Waals surface area contributed by atoms with Crippen molar-refractivity contribution in [3.8, 4) is 0 Å². The first-order valence-electron chi connectivity index (χ1n) is 6.25. The highest BCUT2D eigenvalue weighted by molar-refractivity contribution is 5.77. The molecule has 0 aromatic carbocycles. The Labute approximate surface area is 98.0 Å². The fourth-order valence-electron chi connectivity index (χ4n) is 1.84. The van der Waals surface area contributed by atoms with E-state index >= 15 is 0 Å². The molecular formula is C12H24N2O2. The molecule has 0 aliphatic carbocycles. The lowest BCUT2D eigenvalue weighted by Gasteiger charge is -2.28. The predicted molar refractivity (Wildman–Crippen MR) is 64.1 cm³/mol. The van der Waals surface area contributed by atoms with Crippen LogP contribution in [0.4, 0.5) is 0 Å². The number of carbonyl (C=O) groups is 1. The molecule has 0 radical (unpaired) electrons. The van der Waals surface area contributed by atoms with Gasteiger partial charge in [-0.2, -0.15) is 0 Å². The Morgan fingerprint density at radius 1 is 1.44 bits per heavy atom. The molecule has 16 heavy (non-hydrogen) atoms. The number of rotatable bonds is 5. The van der Waals surface area contributed by atoms with Gasteiger partial charge < -0.3 is 10.4 Å². The highest BCUT2D eigenvalue weighted by Gasteiger charge is 2.18. The lowest BCUT2D eigenvalue weighted by Crippen LogP contribution is -2.42. The van der Waals surface area contributed by atoms with Crippen molar-refractivity contribution in [3.63, 3.8) is 0 Å². The highest BCUT2D eigenvalue weighted by Crippen LogP contribution is 2.08. The summed E-state index contributed by atoms with van der Waals surface area (Å²) in [5.41, 5.74) is 0. The van der Waals surface area contributed by atoms with Gasteiger partial charge in [-0.15, -0.1) is 0 Å². The van der Waals surface area contributed by atoms with E-state index in [2.05, 4.69) is 24.1 Å². The van der Waals surface area contributed by atoms with E-state index in [0.29, 0.717) is 12.5 Å². The predicted octanol–water partition coefficient (Wildman–Crippen LogP) is 0.605. The summed E-state index contributed by atoms with van der Waals surface area (Å²) >= 11 is 0. The molecule has 1 aliphatic rings. The van der Waals surface area contributed by atoms with Crippen molar-refractivity contribution in [3.05, 3.63) is 0 Å². The zero-order valence-corrected chi connectivity index (χ0v) is 10.4. The number of aliphatic hydroxyl groups excluding tert-OH is 1. The van der Waals surface area contributed by atoms with Gasteiger partial charge in [-0.25, -0.2) is 0 Å². The fourth-order valence-corrected chi connectivity index (χ4v) is 1.84. The molecule has 1 rings (SSSR count). The molecule has 2 N–H and O–H groups in total. The standard InChI is InChI=1S/C12H24N2O2/c1-10(2)3-6-13-12(16)9-14-7-4-11(15)5-8-14/h10-11,15H,3-9H2,1-2H3,(H,13,16). The fraction of sp³-hybridized carbons (Fsp3) is 0.917. The molecular weight excluding hydrogens is 204 g/mol. The molecule has 0 aromatic rings. The molecule has 94 valence electrons. The van der Waals surface area contributed by atoms with Crippen LogP contribution in [-0.4, -0.2) is 48.2 Å². The van der Waals surface area contributed by atoms with E-state index in [1.165, 1.54) is 0 Å². The molecule has 1 aliphatic heterocycles. The van der Waals surface area contributed by atoms with Crippen molar-refractivity contribution in [2.45, 2.75) is 39.2 Å². The number of amides is 1. The maximum absolute atomic E-state index is 11.6. The average molecular weight is 228 g/mol. The molecule has 4 nitrogen and oxygen atoms in total. The van der Waals surface area contributed by atoms with Crippen LogP contribution in [0.25, 0.3) is 0 Å². The summed E-state index contributed by atoms with van der Waals surface area (Å²) in [6.07, 6.45) is 2.45. The first-order chi connectivity index (χ1) is 7.58. The van der Waals surface area contributed by atoms with Crippen LogP contribution in [0.3, 0.4) is 0 Å². The molecule has 0 bridgehead atoms. The number of piperidine rings is 1. The van der Waals surface area contributed by atoms with Gasteiger partial charge in [0.2, 0.25) is 5.91 Å². The van der Waals surface area contributed by atoms with Gasteiger partial charge >= 0.3 is 0 Å². The molecule has 4 heteroatoms. The van der Waals surface area contributed by atoms with Gasteiger partial charge in [0.25, 0.3) is 0 Å². The zero-order valence-electron chi connectivity index (χ0n) is 10.4. The molecule has 0 saturated carbocycles. The third kappa shape index (κ3) is 5.47. The van der Waals surface area contributed by atoms with Crippen LogP contribution in [0.1, 0.15) is 33.1 Å². The monoisotopic (exact) mass is 228 g/mol. The van der Waals surface area contributed by atoms with Crippen LogP contribution in [0.2, 0.25) is 0 Å². The van der Waals surface area contributed by atoms with Gasteiger partial charge in [-0.1, -0.05) is 13.8 Å². The lowest BCUT2D eigenvalue weighted by molar-refractivity contribution is -0.122. The van der Waals surface area contributed by atoms with E-state index in [1.54, 1.807) is 0 Å². The Kier molecular flexibility index (Phi) is 5.77.